The van der Waals surface area contributed by atoms with E-state index < -0.39 is 23.5 Å². The van der Waals surface area contributed by atoms with E-state index in [0.29, 0.717) is 5.57 Å². The van der Waals surface area contributed by atoms with Crippen LogP contribution in [0.15, 0.2) is 48.1 Å². The molecule has 3 atom stereocenters. The Balaban J connectivity index is 2.23. The molecule has 1 aromatic carbocycles. The minimum atomic E-state index is -0.992. The van der Waals surface area contributed by atoms with E-state index in [9.17, 15) is 9.59 Å². The van der Waals surface area contributed by atoms with E-state index in [4.69, 9.17) is 14.2 Å². The number of hydrogen-bond acceptors (Lipinski definition) is 5. The first-order chi connectivity index (χ1) is 12.1. The number of methoxy groups -OCH3 is 1. The second-order valence-electron chi connectivity index (χ2n) is 5.99. The van der Waals surface area contributed by atoms with Crippen LogP contribution in [0.4, 0.5) is 0 Å². The number of carbonyl (C=O) groups excluding carboxylic acids is 2. The molecule has 5 nitrogen and oxygen atoms in total. The molecule has 0 fully saturated rings. The molecule has 0 heterocycles. The van der Waals surface area contributed by atoms with Crippen LogP contribution < -0.4 is 0 Å². The summed E-state index contributed by atoms with van der Waals surface area (Å²) in [5.74, 6) is -1.87. The molecule has 0 unspecified atom stereocenters. The molecule has 0 spiro atoms. The number of carbonyl (C=O) groups is 2. The van der Waals surface area contributed by atoms with Crippen LogP contribution in [0.25, 0.3) is 0 Å². The molecule has 0 radical (unpaired) electrons. The van der Waals surface area contributed by atoms with Crippen LogP contribution in [-0.4, -0.2) is 32.3 Å². The number of benzene rings is 1. The van der Waals surface area contributed by atoms with E-state index in [1.54, 1.807) is 27.0 Å². The largest absolute Gasteiger partial charge is 0.465 e. The van der Waals surface area contributed by atoms with E-state index in [1.165, 1.54) is 0 Å². The fourth-order valence-corrected chi connectivity index (χ4v) is 3.70. The average molecular weight is 342 g/mol. The van der Waals surface area contributed by atoms with Gasteiger partial charge in [-0.3, -0.25) is 4.79 Å². The third-order valence-electron chi connectivity index (χ3n) is 4.79. The van der Waals surface area contributed by atoms with Crippen LogP contribution in [0.1, 0.15) is 30.9 Å². The lowest BCUT2D eigenvalue weighted by Gasteiger charge is -2.37. The van der Waals surface area contributed by atoms with Crippen LogP contribution in [0, 0.1) is 5.92 Å². The SMILES string of the molecule is CCOC(=O)C1=C[C@H](C(=O)OCC)[C@@]2(OC)C=C[C@@H]1c1ccccc12. The molecule has 0 amide bonds. The maximum Gasteiger partial charge on any atom is 0.334 e. The highest BCUT2D eigenvalue weighted by atomic mass is 16.5. The van der Waals surface area contributed by atoms with E-state index in [2.05, 4.69) is 0 Å². The number of hydrogen-bond donors (Lipinski definition) is 0. The summed E-state index contributed by atoms with van der Waals surface area (Å²) in [5.41, 5.74) is 1.27. The molecule has 0 aliphatic heterocycles. The number of rotatable bonds is 5. The van der Waals surface area contributed by atoms with Crippen molar-refractivity contribution in [3.63, 3.8) is 0 Å². The number of ether oxygens (including phenoxy) is 3. The van der Waals surface area contributed by atoms with Gasteiger partial charge in [0.15, 0.2) is 0 Å². The van der Waals surface area contributed by atoms with Gasteiger partial charge in [0.2, 0.25) is 0 Å². The van der Waals surface area contributed by atoms with E-state index in [0.717, 1.165) is 11.1 Å². The Morgan fingerprint density at radius 2 is 1.84 bits per heavy atom. The molecule has 3 aliphatic carbocycles. The van der Waals surface area contributed by atoms with Crippen molar-refractivity contribution < 1.29 is 23.8 Å². The van der Waals surface area contributed by atoms with Gasteiger partial charge in [0.05, 0.1) is 13.2 Å². The lowest BCUT2D eigenvalue weighted by molar-refractivity contribution is -0.154. The Hall–Kier alpha value is -2.40. The molecule has 3 aliphatic rings. The highest BCUT2D eigenvalue weighted by Gasteiger charge is 2.50. The third-order valence-corrected chi connectivity index (χ3v) is 4.79. The van der Waals surface area contributed by atoms with Gasteiger partial charge in [-0.05, 0) is 25.0 Å². The molecule has 0 saturated heterocycles. The number of esters is 2. The summed E-state index contributed by atoms with van der Waals surface area (Å²) in [6.45, 7) is 4.04. The standard InChI is InChI=1S/C20H22O5/c1-4-24-18(21)15-12-17(19(22)25-5-2)20(23-3)11-10-13(15)14-8-6-7-9-16(14)20/h6-13,17H,4-5H2,1-3H3/t13-,17-,20-/m1/s1. The van der Waals surface area contributed by atoms with Crippen LogP contribution >= 0.6 is 0 Å². The Labute approximate surface area is 147 Å². The van der Waals surface area contributed by atoms with Gasteiger partial charge >= 0.3 is 11.9 Å². The van der Waals surface area contributed by atoms with E-state index >= 15 is 0 Å². The van der Waals surface area contributed by atoms with Crippen molar-refractivity contribution in [3.8, 4) is 0 Å². The molecule has 5 heteroatoms. The Morgan fingerprint density at radius 1 is 1.12 bits per heavy atom. The minimum absolute atomic E-state index is 0.256. The average Bonchev–Trinajstić information content (AvgIpc) is 2.87. The predicted molar refractivity (Wildman–Crippen MR) is 91.8 cm³/mol. The van der Waals surface area contributed by atoms with Crippen LogP contribution in [0.3, 0.4) is 0 Å². The summed E-state index contributed by atoms with van der Waals surface area (Å²) in [4.78, 5) is 25.3. The third kappa shape index (κ3) is 2.68. The Bertz CT molecular complexity index is 748. The predicted octanol–water partition coefficient (Wildman–Crippen LogP) is 2.86. The van der Waals surface area contributed by atoms with Gasteiger partial charge in [-0.25, -0.2) is 4.79 Å². The molecule has 132 valence electrons. The smallest absolute Gasteiger partial charge is 0.334 e. The topological polar surface area (TPSA) is 61.8 Å². The number of allylic oxidation sites excluding steroid dienone is 1. The molecule has 1 aromatic rings. The Morgan fingerprint density at radius 3 is 2.52 bits per heavy atom. The summed E-state index contributed by atoms with van der Waals surface area (Å²) in [6, 6.07) is 7.71. The van der Waals surface area contributed by atoms with Gasteiger partial charge in [0.1, 0.15) is 11.5 Å². The minimum Gasteiger partial charge on any atom is -0.465 e. The van der Waals surface area contributed by atoms with E-state index in [1.807, 2.05) is 36.4 Å². The second kappa shape index (κ2) is 6.84. The summed E-state index contributed by atoms with van der Waals surface area (Å²) >= 11 is 0. The highest BCUT2D eigenvalue weighted by Crippen LogP contribution is 2.50. The first-order valence-electron chi connectivity index (χ1n) is 8.48. The number of fused-ring (bicyclic) bond motifs is 1. The highest BCUT2D eigenvalue weighted by molar-refractivity contribution is 5.93. The zero-order chi connectivity index (χ0) is 18.0. The fraction of sp³-hybridized carbons (Fsp3) is 0.400. The molecular weight excluding hydrogens is 320 g/mol. The van der Waals surface area contributed by atoms with Crippen LogP contribution in [0.2, 0.25) is 0 Å². The lowest BCUT2D eigenvalue weighted by atomic mass is 9.75. The monoisotopic (exact) mass is 342 g/mol. The second-order valence-corrected chi connectivity index (χ2v) is 5.99. The van der Waals surface area contributed by atoms with Crippen LogP contribution in [-0.2, 0) is 29.4 Å². The zero-order valence-electron chi connectivity index (χ0n) is 14.7. The van der Waals surface area contributed by atoms with Gasteiger partial charge in [-0.2, -0.15) is 0 Å². The van der Waals surface area contributed by atoms with Crippen LogP contribution in [0.5, 0.6) is 0 Å². The van der Waals surface area contributed by atoms with Gasteiger partial charge in [-0.15, -0.1) is 0 Å². The van der Waals surface area contributed by atoms with Gasteiger partial charge in [-0.1, -0.05) is 42.5 Å². The molecular formula is C20H22O5. The van der Waals surface area contributed by atoms with Crippen molar-refractivity contribution in [1.82, 2.24) is 0 Å². The van der Waals surface area contributed by atoms with Crippen molar-refractivity contribution in [2.45, 2.75) is 25.4 Å². The molecule has 0 N–H and O–H groups in total. The lowest BCUT2D eigenvalue weighted by Crippen LogP contribution is -2.41. The van der Waals surface area contributed by atoms with Gasteiger partial charge in [0.25, 0.3) is 0 Å². The first kappa shape index (κ1) is 17.4. The summed E-state index contributed by atoms with van der Waals surface area (Å²) in [5, 5.41) is 0. The normalized spacial score (nSPS) is 26.4. The molecule has 0 aromatic heterocycles. The quantitative estimate of drug-likeness (QED) is 0.608. The van der Waals surface area contributed by atoms with E-state index in [-0.39, 0.29) is 19.1 Å². The molecule has 4 rings (SSSR count). The zero-order valence-corrected chi connectivity index (χ0v) is 14.7. The van der Waals surface area contributed by atoms with Crippen molar-refractivity contribution in [2.24, 2.45) is 5.92 Å². The van der Waals surface area contributed by atoms with Crippen molar-refractivity contribution in [3.05, 3.63) is 59.2 Å². The molecule has 25 heavy (non-hydrogen) atoms. The maximum atomic E-state index is 12.7. The van der Waals surface area contributed by atoms with Crippen molar-refractivity contribution in [1.29, 1.82) is 0 Å². The van der Waals surface area contributed by atoms with Gasteiger partial charge < -0.3 is 14.2 Å². The summed E-state index contributed by atoms with van der Waals surface area (Å²) < 4.78 is 16.3. The molecule has 0 saturated carbocycles. The summed E-state index contributed by atoms with van der Waals surface area (Å²) in [7, 11) is 1.57. The fourth-order valence-electron chi connectivity index (χ4n) is 3.70. The van der Waals surface area contributed by atoms with Gasteiger partial charge in [0, 0.05) is 18.6 Å². The molecule has 2 bridgehead atoms. The first-order valence-corrected chi connectivity index (χ1v) is 8.48. The maximum absolute atomic E-state index is 12.7. The van der Waals surface area contributed by atoms with Crippen molar-refractivity contribution >= 4 is 11.9 Å². The van der Waals surface area contributed by atoms with Crippen molar-refractivity contribution in [2.75, 3.05) is 20.3 Å². The summed E-state index contributed by atoms with van der Waals surface area (Å²) in [6.07, 6.45) is 5.43. The Kier molecular flexibility index (Phi) is 4.77.